The number of aliphatic imine (C=N–C) groups is 1. The van der Waals surface area contributed by atoms with Gasteiger partial charge in [-0.15, -0.1) is 0 Å². The molecular weight excluding hydrogens is 214 g/mol. The molecule has 0 aromatic heterocycles. The first-order valence-corrected chi connectivity index (χ1v) is 6.86. The lowest BCUT2D eigenvalue weighted by molar-refractivity contribution is -0.142. The molecule has 0 aliphatic heterocycles. The largest absolute Gasteiger partial charge is 0.465 e. The average molecular weight is 241 g/mol. The number of unbranched alkanes of at least 4 members (excludes halogenated alkanes) is 4. The molecule has 0 spiro atoms. The highest BCUT2D eigenvalue weighted by atomic mass is 16.5. The van der Waals surface area contributed by atoms with Gasteiger partial charge in [-0.1, -0.05) is 39.5 Å². The van der Waals surface area contributed by atoms with Crippen molar-refractivity contribution in [2.45, 2.75) is 65.7 Å². The van der Waals surface area contributed by atoms with E-state index >= 15 is 0 Å². The van der Waals surface area contributed by atoms with Gasteiger partial charge in [-0.25, -0.2) is 0 Å². The van der Waals surface area contributed by atoms with Crippen LogP contribution in [0.5, 0.6) is 0 Å². The summed E-state index contributed by atoms with van der Waals surface area (Å²) >= 11 is 0. The third kappa shape index (κ3) is 11.4. The van der Waals surface area contributed by atoms with Crippen LogP contribution in [0.1, 0.15) is 65.7 Å². The SMILES string of the molecule is CCCCCC/N=C(/C)CC(=O)OCCCC. The van der Waals surface area contributed by atoms with E-state index in [1.807, 2.05) is 6.92 Å². The number of nitrogens with zero attached hydrogens (tertiary/aromatic N) is 1. The van der Waals surface area contributed by atoms with Gasteiger partial charge in [-0.05, 0) is 19.8 Å². The first kappa shape index (κ1) is 16.1. The number of ether oxygens (including phenoxy) is 1. The Bertz CT molecular complexity index is 224. The van der Waals surface area contributed by atoms with Gasteiger partial charge in [0.05, 0.1) is 13.0 Å². The Morgan fingerprint density at radius 1 is 1.06 bits per heavy atom. The quantitative estimate of drug-likeness (QED) is 0.332. The van der Waals surface area contributed by atoms with Crippen LogP contribution in [0.15, 0.2) is 4.99 Å². The van der Waals surface area contributed by atoms with Crippen molar-refractivity contribution >= 4 is 11.7 Å². The molecule has 3 nitrogen and oxygen atoms in total. The summed E-state index contributed by atoms with van der Waals surface area (Å²) in [6, 6.07) is 0. The van der Waals surface area contributed by atoms with Crippen LogP contribution in [-0.4, -0.2) is 24.8 Å². The van der Waals surface area contributed by atoms with Crippen molar-refractivity contribution in [3.63, 3.8) is 0 Å². The van der Waals surface area contributed by atoms with Gasteiger partial charge >= 0.3 is 5.97 Å². The summed E-state index contributed by atoms with van der Waals surface area (Å²) in [5.41, 5.74) is 0.892. The second-order valence-corrected chi connectivity index (χ2v) is 4.43. The normalized spacial score (nSPS) is 11.6. The summed E-state index contributed by atoms with van der Waals surface area (Å²) in [6.45, 7) is 7.56. The van der Waals surface area contributed by atoms with Crippen molar-refractivity contribution in [1.82, 2.24) is 0 Å². The van der Waals surface area contributed by atoms with E-state index in [1.54, 1.807) is 0 Å². The first-order chi connectivity index (χ1) is 8.20. The van der Waals surface area contributed by atoms with E-state index in [0.717, 1.165) is 31.5 Å². The van der Waals surface area contributed by atoms with Crippen molar-refractivity contribution in [2.75, 3.05) is 13.2 Å². The first-order valence-electron chi connectivity index (χ1n) is 6.86. The van der Waals surface area contributed by atoms with Gasteiger partial charge in [0.2, 0.25) is 0 Å². The highest BCUT2D eigenvalue weighted by Crippen LogP contribution is 2.00. The summed E-state index contributed by atoms with van der Waals surface area (Å²) in [5, 5.41) is 0. The molecule has 0 saturated carbocycles. The van der Waals surface area contributed by atoms with E-state index < -0.39 is 0 Å². The Labute approximate surface area is 106 Å². The third-order valence-electron chi connectivity index (χ3n) is 2.55. The van der Waals surface area contributed by atoms with E-state index in [9.17, 15) is 4.79 Å². The zero-order valence-electron chi connectivity index (χ0n) is 11.6. The maximum Gasteiger partial charge on any atom is 0.311 e. The predicted molar refractivity (Wildman–Crippen MR) is 72.6 cm³/mol. The molecule has 0 N–H and O–H groups in total. The molecule has 0 aliphatic rings. The van der Waals surface area contributed by atoms with Crippen LogP contribution < -0.4 is 0 Å². The van der Waals surface area contributed by atoms with Gasteiger partial charge in [0.15, 0.2) is 0 Å². The maximum absolute atomic E-state index is 11.4. The van der Waals surface area contributed by atoms with E-state index in [1.165, 1.54) is 19.3 Å². The van der Waals surface area contributed by atoms with Crippen LogP contribution >= 0.6 is 0 Å². The molecule has 0 fully saturated rings. The summed E-state index contributed by atoms with van der Waals surface area (Å²) in [5.74, 6) is -0.145. The van der Waals surface area contributed by atoms with Gasteiger partial charge in [0.1, 0.15) is 0 Å². The second-order valence-electron chi connectivity index (χ2n) is 4.43. The number of carbonyl (C=O) groups is 1. The lowest BCUT2D eigenvalue weighted by Crippen LogP contribution is -2.10. The Balaban J connectivity index is 3.57. The Kier molecular flexibility index (Phi) is 11.0. The fourth-order valence-electron chi connectivity index (χ4n) is 1.45. The van der Waals surface area contributed by atoms with Gasteiger partial charge in [-0.2, -0.15) is 0 Å². The van der Waals surface area contributed by atoms with Crippen LogP contribution in [0.2, 0.25) is 0 Å². The monoisotopic (exact) mass is 241 g/mol. The molecule has 0 aromatic carbocycles. The minimum Gasteiger partial charge on any atom is -0.465 e. The number of esters is 1. The van der Waals surface area contributed by atoms with E-state index in [4.69, 9.17) is 4.74 Å². The van der Waals surface area contributed by atoms with Gasteiger partial charge < -0.3 is 4.74 Å². The van der Waals surface area contributed by atoms with Crippen LogP contribution in [-0.2, 0) is 9.53 Å². The molecule has 0 heterocycles. The molecule has 0 unspecified atom stereocenters. The van der Waals surface area contributed by atoms with Crippen molar-refractivity contribution in [3.05, 3.63) is 0 Å². The van der Waals surface area contributed by atoms with Crippen LogP contribution in [0.25, 0.3) is 0 Å². The zero-order chi connectivity index (χ0) is 12.9. The van der Waals surface area contributed by atoms with E-state index in [2.05, 4.69) is 18.8 Å². The van der Waals surface area contributed by atoms with Crippen LogP contribution in [0, 0.1) is 0 Å². The molecule has 0 aliphatic carbocycles. The molecule has 0 bridgehead atoms. The molecule has 0 aromatic rings. The Morgan fingerprint density at radius 2 is 1.76 bits per heavy atom. The predicted octanol–water partition coefficient (Wildman–Crippen LogP) is 3.76. The number of carbonyl (C=O) groups excluding carboxylic acids is 1. The standard InChI is InChI=1S/C14H27NO2/c1-4-6-8-9-10-15-13(3)12-14(16)17-11-7-5-2/h4-12H2,1-3H3/b15-13-. The fraction of sp³-hybridized carbons (Fsp3) is 0.857. The summed E-state index contributed by atoms with van der Waals surface area (Å²) in [4.78, 5) is 15.7. The molecule has 0 saturated heterocycles. The Morgan fingerprint density at radius 3 is 2.41 bits per heavy atom. The number of rotatable bonds is 10. The second kappa shape index (κ2) is 11.6. The molecule has 100 valence electrons. The van der Waals surface area contributed by atoms with Crippen molar-refractivity contribution in [3.8, 4) is 0 Å². The minimum atomic E-state index is -0.145. The van der Waals surface area contributed by atoms with Gasteiger partial charge in [0.25, 0.3) is 0 Å². The zero-order valence-corrected chi connectivity index (χ0v) is 11.6. The smallest absolute Gasteiger partial charge is 0.311 e. The van der Waals surface area contributed by atoms with Gasteiger partial charge in [0, 0.05) is 12.3 Å². The maximum atomic E-state index is 11.4. The lowest BCUT2D eigenvalue weighted by atomic mass is 10.2. The highest BCUT2D eigenvalue weighted by Gasteiger charge is 2.04. The number of hydrogen-bond donors (Lipinski definition) is 0. The van der Waals surface area contributed by atoms with Crippen LogP contribution in [0.4, 0.5) is 0 Å². The average Bonchev–Trinajstić information content (AvgIpc) is 2.29. The summed E-state index contributed by atoms with van der Waals surface area (Å²) in [7, 11) is 0. The minimum absolute atomic E-state index is 0.145. The summed E-state index contributed by atoms with van der Waals surface area (Å²) < 4.78 is 5.08. The van der Waals surface area contributed by atoms with E-state index in [-0.39, 0.29) is 5.97 Å². The lowest BCUT2D eigenvalue weighted by Gasteiger charge is -2.03. The molecule has 0 amide bonds. The Hall–Kier alpha value is -0.860. The molecule has 0 rings (SSSR count). The highest BCUT2D eigenvalue weighted by molar-refractivity contribution is 5.97. The summed E-state index contributed by atoms with van der Waals surface area (Å²) in [6.07, 6.45) is 7.21. The third-order valence-corrected chi connectivity index (χ3v) is 2.55. The molecule has 0 radical (unpaired) electrons. The van der Waals surface area contributed by atoms with Gasteiger partial charge in [-0.3, -0.25) is 9.79 Å². The van der Waals surface area contributed by atoms with Crippen molar-refractivity contribution in [1.29, 1.82) is 0 Å². The molecule has 3 heteroatoms. The molecule has 0 atom stereocenters. The molecule has 17 heavy (non-hydrogen) atoms. The number of hydrogen-bond acceptors (Lipinski definition) is 3. The van der Waals surface area contributed by atoms with Crippen molar-refractivity contribution in [2.24, 2.45) is 4.99 Å². The van der Waals surface area contributed by atoms with Crippen molar-refractivity contribution < 1.29 is 9.53 Å². The topological polar surface area (TPSA) is 38.7 Å². The van der Waals surface area contributed by atoms with Crippen LogP contribution in [0.3, 0.4) is 0 Å². The molecular formula is C14H27NO2. The van der Waals surface area contributed by atoms with E-state index in [0.29, 0.717) is 13.0 Å². The fourth-order valence-corrected chi connectivity index (χ4v) is 1.45.